The number of nitrogens with one attached hydrogen (secondary N) is 2. The van der Waals surface area contributed by atoms with Crippen LogP contribution in [0.2, 0.25) is 0 Å². The molecule has 1 aliphatic heterocycles. The second-order valence-corrected chi connectivity index (χ2v) is 4.24. The molecular weight excluding hydrogens is 224 g/mol. The van der Waals surface area contributed by atoms with Crippen LogP contribution in [0.15, 0.2) is 0 Å². The molecule has 2 atom stereocenters. The minimum absolute atomic E-state index is 0.0458. The second-order valence-electron chi connectivity index (χ2n) is 4.24. The first kappa shape index (κ1) is 13.8. The lowest BCUT2D eigenvalue weighted by molar-refractivity contribution is -0.141. The van der Waals surface area contributed by atoms with E-state index in [4.69, 9.17) is 9.84 Å². The lowest BCUT2D eigenvalue weighted by Gasteiger charge is -2.15. The fourth-order valence-corrected chi connectivity index (χ4v) is 1.76. The van der Waals surface area contributed by atoms with Gasteiger partial charge >= 0.3 is 12.0 Å². The number of aliphatic carboxylic acids is 1. The van der Waals surface area contributed by atoms with Gasteiger partial charge in [0.05, 0.1) is 18.6 Å². The molecule has 0 saturated carbocycles. The van der Waals surface area contributed by atoms with E-state index in [0.717, 1.165) is 12.8 Å². The zero-order valence-corrected chi connectivity index (χ0v) is 10.1. The van der Waals surface area contributed by atoms with Crippen LogP contribution in [0.5, 0.6) is 0 Å². The maximum atomic E-state index is 11.5. The van der Waals surface area contributed by atoms with Gasteiger partial charge in [0, 0.05) is 13.2 Å². The Morgan fingerprint density at radius 3 is 2.82 bits per heavy atom. The number of hydrogen-bond acceptors (Lipinski definition) is 3. The molecule has 1 heterocycles. The van der Waals surface area contributed by atoms with Crippen LogP contribution in [-0.4, -0.2) is 42.9 Å². The number of hydrogen-bond donors (Lipinski definition) is 3. The average molecular weight is 244 g/mol. The summed E-state index contributed by atoms with van der Waals surface area (Å²) in [4.78, 5) is 22.3. The van der Waals surface area contributed by atoms with Crippen LogP contribution in [0, 0.1) is 5.92 Å². The molecule has 3 N–H and O–H groups in total. The van der Waals surface area contributed by atoms with Crippen molar-refractivity contribution in [2.24, 2.45) is 5.92 Å². The van der Waals surface area contributed by atoms with Gasteiger partial charge in [0.15, 0.2) is 0 Å². The highest BCUT2D eigenvalue weighted by atomic mass is 16.5. The van der Waals surface area contributed by atoms with Gasteiger partial charge in [-0.25, -0.2) is 4.79 Å². The topological polar surface area (TPSA) is 87.7 Å². The average Bonchev–Trinajstić information content (AvgIpc) is 2.76. The molecule has 0 radical (unpaired) electrons. The molecule has 0 aliphatic carbocycles. The summed E-state index contributed by atoms with van der Waals surface area (Å²) in [6, 6.07) is -0.271. The van der Waals surface area contributed by atoms with Crippen molar-refractivity contribution in [3.63, 3.8) is 0 Å². The largest absolute Gasteiger partial charge is 0.481 e. The summed E-state index contributed by atoms with van der Waals surface area (Å²) in [5.41, 5.74) is 0. The van der Waals surface area contributed by atoms with E-state index in [1.807, 2.05) is 6.92 Å². The summed E-state index contributed by atoms with van der Waals surface area (Å²) in [5.74, 6) is -1.37. The zero-order valence-electron chi connectivity index (χ0n) is 10.1. The molecule has 98 valence electrons. The van der Waals surface area contributed by atoms with E-state index in [-0.39, 0.29) is 18.6 Å². The summed E-state index contributed by atoms with van der Waals surface area (Å²) in [5, 5.41) is 14.2. The van der Waals surface area contributed by atoms with Gasteiger partial charge in [-0.1, -0.05) is 13.3 Å². The Morgan fingerprint density at radius 1 is 1.53 bits per heavy atom. The Labute approximate surface area is 101 Å². The SMILES string of the molecule is CCCC(CNC(=O)NC1CCOC1)C(=O)O. The predicted octanol–water partition coefficient (Wildman–Crippen LogP) is 0.575. The quantitative estimate of drug-likeness (QED) is 0.637. The molecule has 1 aliphatic rings. The summed E-state index contributed by atoms with van der Waals surface area (Å²) < 4.78 is 5.12. The van der Waals surface area contributed by atoms with Crippen molar-refractivity contribution in [3.8, 4) is 0 Å². The molecule has 1 saturated heterocycles. The van der Waals surface area contributed by atoms with Gasteiger partial charge in [0.25, 0.3) is 0 Å². The van der Waals surface area contributed by atoms with Crippen LogP contribution in [0.4, 0.5) is 4.79 Å². The number of rotatable bonds is 6. The van der Waals surface area contributed by atoms with Crippen LogP contribution in [0.1, 0.15) is 26.2 Å². The fourth-order valence-electron chi connectivity index (χ4n) is 1.76. The molecule has 1 fully saturated rings. The smallest absolute Gasteiger partial charge is 0.315 e. The number of carboxylic acid groups (broad SMARTS) is 1. The lowest BCUT2D eigenvalue weighted by atomic mass is 10.0. The molecule has 0 aromatic rings. The van der Waals surface area contributed by atoms with E-state index in [0.29, 0.717) is 19.6 Å². The first-order chi connectivity index (χ1) is 8.13. The van der Waals surface area contributed by atoms with E-state index in [1.54, 1.807) is 0 Å². The first-order valence-corrected chi connectivity index (χ1v) is 5.98. The van der Waals surface area contributed by atoms with Crippen molar-refractivity contribution in [1.82, 2.24) is 10.6 Å². The minimum Gasteiger partial charge on any atom is -0.481 e. The van der Waals surface area contributed by atoms with E-state index in [1.165, 1.54) is 0 Å². The molecule has 0 aromatic carbocycles. The summed E-state index contributed by atoms with van der Waals surface area (Å²) in [7, 11) is 0. The molecule has 0 spiro atoms. The van der Waals surface area contributed by atoms with Crippen molar-refractivity contribution in [1.29, 1.82) is 0 Å². The molecule has 2 amide bonds. The van der Waals surface area contributed by atoms with Crippen LogP contribution in [0.25, 0.3) is 0 Å². The molecule has 0 bridgehead atoms. The summed E-state index contributed by atoms with van der Waals surface area (Å²) in [6.45, 7) is 3.29. The number of carboxylic acids is 1. The molecule has 1 rings (SSSR count). The van der Waals surface area contributed by atoms with Gasteiger partial charge in [-0.2, -0.15) is 0 Å². The molecule has 17 heavy (non-hydrogen) atoms. The van der Waals surface area contributed by atoms with Crippen molar-refractivity contribution < 1.29 is 19.4 Å². The van der Waals surface area contributed by atoms with Crippen molar-refractivity contribution >= 4 is 12.0 Å². The van der Waals surface area contributed by atoms with E-state index >= 15 is 0 Å². The highest BCUT2D eigenvalue weighted by Gasteiger charge is 2.20. The standard InChI is InChI=1S/C11H20N2O4/c1-2-3-8(10(14)15)6-12-11(16)13-9-4-5-17-7-9/h8-9H,2-7H2,1H3,(H,14,15)(H2,12,13,16). The predicted molar refractivity (Wildman–Crippen MR) is 61.8 cm³/mol. The van der Waals surface area contributed by atoms with E-state index in [2.05, 4.69) is 10.6 Å². The van der Waals surface area contributed by atoms with Crippen LogP contribution in [-0.2, 0) is 9.53 Å². The molecule has 2 unspecified atom stereocenters. The molecular formula is C11H20N2O4. The summed E-state index contributed by atoms with van der Waals surface area (Å²) in [6.07, 6.45) is 2.17. The highest BCUT2D eigenvalue weighted by molar-refractivity contribution is 5.76. The third kappa shape index (κ3) is 5.04. The van der Waals surface area contributed by atoms with Crippen molar-refractivity contribution in [2.45, 2.75) is 32.2 Å². The van der Waals surface area contributed by atoms with Crippen LogP contribution in [0.3, 0.4) is 0 Å². The van der Waals surface area contributed by atoms with Crippen LogP contribution >= 0.6 is 0 Å². The van der Waals surface area contributed by atoms with Gasteiger partial charge in [-0.15, -0.1) is 0 Å². The third-order valence-electron chi connectivity index (χ3n) is 2.76. The maximum absolute atomic E-state index is 11.5. The second kappa shape index (κ2) is 7.11. The van der Waals surface area contributed by atoms with Gasteiger partial charge in [0.2, 0.25) is 0 Å². The zero-order chi connectivity index (χ0) is 12.7. The number of urea groups is 1. The maximum Gasteiger partial charge on any atom is 0.315 e. The Hall–Kier alpha value is -1.30. The van der Waals surface area contributed by atoms with E-state index in [9.17, 15) is 9.59 Å². The third-order valence-corrected chi connectivity index (χ3v) is 2.76. The Bertz CT molecular complexity index is 264. The summed E-state index contributed by atoms with van der Waals surface area (Å²) >= 11 is 0. The van der Waals surface area contributed by atoms with Crippen molar-refractivity contribution in [2.75, 3.05) is 19.8 Å². The molecule has 6 heteroatoms. The fraction of sp³-hybridized carbons (Fsp3) is 0.818. The lowest BCUT2D eigenvalue weighted by Crippen LogP contribution is -2.44. The van der Waals surface area contributed by atoms with Gasteiger partial charge < -0.3 is 20.5 Å². The first-order valence-electron chi connectivity index (χ1n) is 5.98. The van der Waals surface area contributed by atoms with Gasteiger partial charge in [-0.05, 0) is 12.8 Å². The van der Waals surface area contributed by atoms with Crippen molar-refractivity contribution in [3.05, 3.63) is 0 Å². The molecule has 6 nitrogen and oxygen atoms in total. The van der Waals surface area contributed by atoms with Crippen LogP contribution < -0.4 is 10.6 Å². The number of amides is 2. The molecule has 0 aromatic heterocycles. The highest BCUT2D eigenvalue weighted by Crippen LogP contribution is 2.05. The van der Waals surface area contributed by atoms with Gasteiger partial charge in [0.1, 0.15) is 0 Å². The minimum atomic E-state index is -0.864. The number of ether oxygens (including phenoxy) is 1. The Morgan fingerprint density at radius 2 is 2.29 bits per heavy atom. The normalized spacial score (nSPS) is 20.9. The van der Waals surface area contributed by atoms with E-state index < -0.39 is 11.9 Å². The number of carbonyl (C=O) groups excluding carboxylic acids is 1. The van der Waals surface area contributed by atoms with Gasteiger partial charge in [-0.3, -0.25) is 4.79 Å². The number of carbonyl (C=O) groups is 2. The monoisotopic (exact) mass is 244 g/mol. The Kier molecular flexibility index (Phi) is 5.76. The Balaban J connectivity index is 2.22.